The zero-order chi connectivity index (χ0) is 21.5. The molecule has 1 saturated heterocycles. The number of dihydropyridines is 1. The maximum atomic E-state index is 13.2. The molecular formula is C24H28ClNO4. The van der Waals surface area contributed by atoms with Crippen molar-refractivity contribution in [1.29, 1.82) is 0 Å². The summed E-state index contributed by atoms with van der Waals surface area (Å²) >= 11 is 6.27. The Morgan fingerprint density at radius 1 is 1.33 bits per heavy atom. The van der Waals surface area contributed by atoms with Crippen molar-refractivity contribution in [3.63, 3.8) is 0 Å². The molecule has 0 radical (unpaired) electrons. The largest absolute Gasteiger partial charge is 0.459 e. The predicted octanol–water partition coefficient (Wildman–Crippen LogP) is 4.67. The highest BCUT2D eigenvalue weighted by molar-refractivity contribution is 6.30. The number of esters is 1. The number of hydrogen-bond donors (Lipinski definition) is 1. The number of hydrogen-bond acceptors (Lipinski definition) is 5. The van der Waals surface area contributed by atoms with Crippen LogP contribution in [0.3, 0.4) is 0 Å². The predicted molar refractivity (Wildman–Crippen MR) is 115 cm³/mol. The molecule has 2 heterocycles. The fourth-order valence-corrected chi connectivity index (χ4v) is 4.95. The van der Waals surface area contributed by atoms with E-state index in [1.54, 1.807) is 6.07 Å². The van der Waals surface area contributed by atoms with Crippen LogP contribution >= 0.6 is 11.6 Å². The Balaban J connectivity index is 1.72. The molecule has 0 saturated carbocycles. The van der Waals surface area contributed by atoms with E-state index in [4.69, 9.17) is 21.1 Å². The van der Waals surface area contributed by atoms with Gasteiger partial charge in [0.1, 0.15) is 6.61 Å². The Morgan fingerprint density at radius 3 is 2.83 bits per heavy atom. The lowest BCUT2D eigenvalue weighted by atomic mass is 9.68. The van der Waals surface area contributed by atoms with Crippen molar-refractivity contribution < 1.29 is 19.1 Å². The quantitative estimate of drug-likeness (QED) is 0.705. The fraction of sp³-hybridized carbons (Fsp3) is 0.500. The van der Waals surface area contributed by atoms with Crippen LogP contribution in [0.5, 0.6) is 0 Å². The summed E-state index contributed by atoms with van der Waals surface area (Å²) in [5, 5.41) is 3.92. The van der Waals surface area contributed by atoms with Gasteiger partial charge in [-0.15, -0.1) is 0 Å². The van der Waals surface area contributed by atoms with E-state index in [2.05, 4.69) is 19.2 Å². The molecule has 1 aromatic rings. The molecule has 0 unspecified atom stereocenters. The number of carbonyl (C=O) groups excluding carboxylic acids is 2. The van der Waals surface area contributed by atoms with E-state index in [-0.39, 0.29) is 23.9 Å². The van der Waals surface area contributed by atoms with Gasteiger partial charge in [-0.25, -0.2) is 4.79 Å². The van der Waals surface area contributed by atoms with Crippen molar-refractivity contribution in [2.45, 2.75) is 58.5 Å². The van der Waals surface area contributed by atoms with Crippen LogP contribution in [0.1, 0.15) is 57.9 Å². The molecule has 1 N–H and O–H groups in total. The molecule has 0 bridgehead atoms. The zero-order valence-electron chi connectivity index (χ0n) is 17.7. The van der Waals surface area contributed by atoms with E-state index < -0.39 is 11.9 Å². The number of carbonyl (C=O) groups is 2. The Kier molecular flexibility index (Phi) is 5.78. The molecule has 1 fully saturated rings. The first kappa shape index (κ1) is 21.1. The average Bonchev–Trinajstić information content (AvgIpc) is 3.17. The van der Waals surface area contributed by atoms with Gasteiger partial charge < -0.3 is 14.8 Å². The second-order valence-electron chi connectivity index (χ2n) is 9.22. The van der Waals surface area contributed by atoms with Gasteiger partial charge in [-0.1, -0.05) is 37.6 Å². The van der Waals surface area contributed by atoms with Crippen molar-refractivity contribution in [2.24, 2.45) is 5.41 Å². The van der Waals surface area contributed by atoms with E-state index in [0.717, 1.165) is 36.2 Å². The van der Waals surface area contributed by atoms with Crippen molar-refractivity contribution in [3.05, 3.63) is 57.4 Å². The van der Waals surface area contributed by atoms with Gasteiger partial charge in [0.25, 0.3) is 0 Å². The Morgan fingerprint density at radius 2 is 2.13 bits per heavy atom. The van der Waals surface area contributed by atoms with Crippen LogP contribution < -0.4 is 5.32 Å². The van der Waals surface area contributed by atoms with Crippen LogP contribution in [0, 0.1) is 5.41 Å². The van der Waals surface area contributed by atoms with Crippen LogP contribution in [0.25, 0.3) is 0 Å². The number of rotatable bonds is 4. The second-order valence-corrected chi connectivity index (χ2v) is 9.65. The lowest BCUT2D eigenvalue weighted by Gasteiger charge is -2.39. The maximum Gasteiger partial charge on any atom is 0.336 e. The minimum Gasteiger partial charge on any atom is -0.459 e. The van der Waals surface area contributed by atoms with Gasteiger partial charge in [0.2, 0.25) is 0 Å². The zero-order valence-corrected chi connectivity index (χ0v) is 18.5. The molecule has 0 spiro atoms. The summed E-state index contributed by atoms with van der Waals surface area (Å²) in [6, 6.07) is 7.39. The molecular weight excluding hydrogens is 402 g/mol. The normalized spacial score (nSPS) is 25.8. The van der Waals surface area contributed by atoms with Crippen LogP contribution in [-0.4, -0.2) is 31.1 Å². The van der Waals surface area contributed by atoms with Crippen molar-refractivity contribution >= 4 is 23.4 Å². The van der Waals surface area contributed by atoms with E-state index in [9.17, 15) is 9.59 Å². The number of halogens is 1. The molecule has 5 nitrogen and oxygen atoms in total. The van der Waals surface area contributed by atoms with E-state index in [1.165, 1.54) is 0 Å². The summed E-state index contributed by atoms with van der Waals surface area (Å²) < 4.78 is 11.2. The molecule has 1 aromatic carbocycles. The Bertz CT molecular complexity index is 940. The molecule has 1 aliphatic carbocycles. The van der Waals surface area contributed by atoms with Gasteiger partial charge in [-0.2, -0.15) is 0 Å². The molecule has 2 atom stereocenters. The van der Waals surface area contributed by atoms with E-state index in [1.807, 2.05) is 25.1 Å². The van der Waals surface area contributed by atoms with Crippen molar-refractivity contribution in [1.82, 2.24) is 5.32 Å². The van der Waals surface area contributed by atoms with Gasteiger partial charge in [0.15, 0.2) is 5.78 Å². The van der Waals surface area contributed by atoms with Crippen LogP contribution in [-0.2, 0) is 19.1 Å². The highest BCUT2D eigenvalue weighted by Crippen LogP contribution is 2.47. The highest BCUT2D eigenvalue weighted by Gasteiger charge is 2.43. The summed E-state index contributed by atoms with van der Waals surface area (Å²) in [5.41, 5.74) is 3.46. The minimum absolute atomic E-state index is 0.0529. The molecule has 4 rings (SSSR count). The fourth-order valence-electron chi connectivity index (χ4n) is 4.75. The first-order valence-electron chi connectivity index (χ1n) is 10.5. The van der Waals surface area contributed by atoms with Crippen molar-refractivity contribution in [2.75, 3.05) is 13.2 Å². The van der Waals surface area contributed by atoms with E-state index >= 15 is 0 Å². The summed E-state index contributed by atoms with van der Waals surface area (Å²) in [5.74, 6) is -0.833. The summed E-state index contributed by atoms with van der Waals surface area (Å²) in [7, 11) is 0. The molecule has 3 aliphatic rings. The molecule has 160 valence electrons. The smallest absolute Gasteiger partial charge is 0.336 e. The third-order valence-corrected chi connectivity index (χ3v) is 6.30. The first-order chi connectivity index (χ1) is 14.2. The SMILES string of the molecule is CC1=C(C(=O)OC[C@@H]2CCCO2)[C@H](c2cccc(Cl)c2)C2=C(CC(C)(C)CC2=O)N1. The topological polar surface area (TPSA) is 64.6 Å². The molecule has 2 aliphatic heterocycles. The van der Waals surface area contributed by atoms with E-state index in [0.29, 0.717) is 29.2 Å². The van der Waals surface area contributed by atoms with Gasteiger partial charge in [-0.3, -0.25) is 4.79 Å². The molecule has 0 amide bonds. The average molecular weight is 430 g/mol. The number of nitrogens with one attached hydrogen (secondary N) is 1. The number of benzene rings is 1. The monoisotopic (exact) mass is 429 g/mol. The Hall–Kier alpha value is -2.11. The number of ketones is 1. The molecule has 6 heteroatoms. The first-order valence-corrected chi connectivity index (χ1v) is 10.9. The van der Waals surface area contributed by atoms with Gasteiger partial charge in [0.05, 0.1) is 11.7 Å². The summed E-state index contributed by atoms with van der Waals surface area (Å²) in [6.45, 7) is 6.99. The van der Waals surface area contributed by atoms with Gasteiger partial charge in [-0.05, 0) is 49.3 Å². The van der Waals surface area contributed by atoms with Crippen LogP contribution in [0.4, 0.5) is 0 Å². The molecule has 30 heavy (non-hydrogen) atoms. The minimum atomic E-state index is -0.486. The van der Waals surface area contributed by atoms with Crippen LogP contribution in [0.15, 0.2) is 46.8 Å². The Labute approximate surface area is 182 Å². The third kappa shape index (κ3) is 4.19. The van der Waals surface area contributed by atoms with Gasteiger partial charge >= 0.3 is 5.97 Å². The summed E-state index contributed by atoms with van der Waals surface area (Å²) in [6.07, 6.45) is 3.02. The molecule has 0 aromatic heterocycles. The van der Waals surface area contributed by atoms with Gasteiger partial charge in [0, 0.05) is 40.9 Å². The third-order valence-electron chi connectivity index (χ3n) is 6.07. The number of Topliss-reactive ketones (excluding diaryl/α,β-unsaturated/α-hetero) is 1. The van der Waals surface area contributed by atoms with Crippen molar-refractivity contribution in [3.8, 4) is 0 Å². The maximum absolute atomic E-state index is 13.2. The standard InChI is InChI=1S/C24H28ClNO4/c1-14-20(23(28)30-13-17-8-5-9-29-17)21(15-6-4-7-16(25)10-15)22-18(26-14)11-24(2,3)12-19(22)27/h4,6-7,10,17,21,26H,5,8-9,11-13H2,1-3H3/t17-,21-/m0/s1. The number of ether oxygens (including phenoxy) is 2. The second kappa shape index (κ2) is 8.20. The summed E-state index contributed by atoms with van der Waals surface area (Å²) in [4.78, 5) is 26.4. The van der Waals surface area contributed by atoms with Crippen LogP contribution in [0.2, 0.25) is 5.02 Å². The lowest BCUT2D eigenvalue weighted by molar-refractivity contribution is -0.142. The highest BCUT2D eigenvalue weighted by atomic mass is 35.5. The number of allylic oxidation sites excluding steroid dienone is 3. The lowest BCUT2D eigenvalue weighted by Crippen LogP contribution is -2.39.